The van der Waals surface area contributed by atoms with Gasteiger partial charge in [-0.15, -0.1) is 0 Å². The summed E-state index contributed by atoms with van der Waals surface area (Å²) in [6.07, 6.45) is -8.47. The summed E-state index contributed by atoms with van der Waals surface area (Å²) < 4.78 is 77.2. The Labute approximate surface area is 212 Å². The molecule has 4 aromatic rings. The summed E-state index contributed by atoms with van der Waals surface area (Å²) >= 11 is 0. The molecule has 0 aliphatic heterocycles. The van der Waals surface area contributed by atoms with Crippen molar-refractivity contribution in [2.75, 3.05) is 0 Å². The van der Waals surface area contributed by atoms with Crippen molar-refractivity contribution < 1.29 is 31.2 Å². The molecule has 37 heavy (non-hydrogen) atoms. The maximum atomic E-state index is 14.3. The Morgan fingerprint density at radius 3 is 2.14 bits per heavy atom. The normalized spacial score (nSPS) is 12.4. The van der Waals surface area contributed by atoms with Crippen molar-refractivity contribution >= 4 is 24.9 Å². The Kier molecular flexibility index (Phi) is 7.30. The van der Waals surface area contributed by atoms with E-state index in [1.54, 1.807) is 42.5 Å². The van der Waals surface area contributed by atoms with Gasteiger partial charge in [0.15, 0.2) is 19.8 Å². The molecule has 192 valence electrons. The number of rotatable bonds is 7. The first-order valence-corrected chi connectivity index (χ1v) is 14.9. The maximum Gasteiger partial charge on any atom is 0.434 e. The Morgan fingerprint density at radius 2 is 1.54 bits per heavy atom. The summed E-state index contributed by atoms with van der Waals surface area (Å²) in [4.78, 5) is 17.2. The summed E-state index contributed by atoms with van der Waals surface area (Å²) in [7, 11) is -2.29. The molecule has 0 aliphatic rings. The quantitative estimate of drug-likeness (QED) is 0.137. The third-order valence-corrected chi connectivity index (χ3v) is 6.77. The molecule has 0 aliphatic carbocycles. The van der Waals surface area contributed by atoms with E-state index in [2.05, 4.69) is 4.98 Å². The second kappa shape index (κ2) is 10.1. The van der Waals surface area contributed by atoms with Gasteiger partial charge in [0.2, 0.25) is 0 Å². The predicted molar refractivity (Wildman–Crippen MR) is 135 cm³/mol. The van der Waals surface area contributed by atoms with Gasteiger partial charge in [-0.1, -0.05) is 66.7 Å². The largest absolute Gasteiger partial charge is 0.434 e. The van der Waals surface area contributed by atoms with Gasteiger partial charge in [-0.25, -0.2) is 13.8 Å². The first kappa shape index (κ1) is 26.6. The zero-order chi connectivity index (χ0) is 27.0. The SMILES string of the molecule is C[Si](C)(C)OCc1c(C(F)F)nc(C(F)(F)F)c(C(=O)c2ccc3ccccc3c2)c1-c1ccccc1. The zero-order valence-corrected chi connectivity index (χ0v) is 21.4. The van der Waals surface area contributed by atoms with Crippen molar-refractivity contribution in [3.05, 3.63) is 101 Å². The molecule has 0 N–H and O–H groups in total. The number of aromatic nitrogens is 1. The molecule has 0 bridgehead atoms. The van der Waals surface area contributed by atoms with E-state index in [0.717, 1.165) is 5.39 Å². The van der Waals surface area contributed by atoms with Gasteiger partial charge in [0, 0.05) is 16.7 Å². The zero-order valence-electron chi connectivity index (χ0n) is 20.4. The van der Waals surface area contributed by atoms with Crippen LogP contribution in [0.4, 0.5) is 22.0 Å². The Bertz CT molecular complexity index is 1450. The van der Waals surface area contributed by atoms with Gasteiger partial charge in [0.05, 0.1) is 12.2 Å². The molecule has 9 heteroatoms. The van der Waals surface area contributed by atoms with Crippen molar-refractivity contribution in [1.82, 2.24) is 4.98 Å². The molecule has 0 radical (unpaired) electrons. The van der Waals surface area contributed by atoms with Crippen molar-refractivity contribution in [1.29, 1.82) is 0 Å². The van der Waals surface area contributed by atoms with Crippen LogP contribution >= 0.6 is 0 Å². The van der Waals surface area contributed by atoms with Gasteiger partial charge < -0.3 is 4.43 Å². The van der Waals surface area contributed by atoms with Crippen LogP contribution in [0.5, 0.6) is 0 Å². The van der Waals surface area contributed by atoms with Crippen LogP contribution < -0.4 is 0 Å². The first-order valence-electron chi connectivity index (χ1n) is 11.5. The molecule has 0 amide bonds. The number of hydrogen-bond donors (Lipinski definition) is 0. The van der Waals surface area contributed by atoms with Crippen LogP contribution in [0.15, 0.2) is 72.8 Å². The molecular formula is C28H24F5NO2Si. The molecular weight excluding hydrogens is 505 g/mol. The third-order valence-electron chi connectivity index (χ3n) is 5.76. The molecule has 0 atom stereocenters. The lowest BCUT2D eigenvalue weighted by molar-refractivity contribution is -0.141. The van der Waals surface area contributed by atoms with Crippen molar-refractivity contribution in [2.24, 2.45) is 0 Å². The van der Waals surface area contributed by atoms with E-state index in [4.69, 9.17) is 4.43 Å². The van der Waals surface area contributed by atoms with Crippen LogP contribution in [-0.4, -0.2) is 19.1 Å². The van der Waals surface area contributed by atoms with E-state index < -0.39 is 50.3 Å². The summed E-state index contributed by atoms with van der Waals surface area (Å²) in [5.41, 5.74) is -3.74. The Morgan fingerprint density at radius 1 is 0.919 bits per heavy atom. The van der Waals surface area contributed by atoms with Gasteiger partial charge >= 0.3 is 6.18 Å². The Balaban J connectivity index is 2.08. The number of benzene rings is 3. The number of pyridine rings is 1. The molecule has 4 rings (SSSR count). The minimum Gasteiger partial charge on any atom is -0.413 e. The second-order valence-electron chi connectivity index (χ2n) is 9.53. The van der Waals surface area contributed by atoms with E-state index >= 15 is 0 Å². The van der Waals surface area contributed by atoms with Crippen LogP contribution in [0, 0.1) is 0 Å². The molecule has 1 aromatic heterocycles. The van der Waals surface area contributed by atoms with Gasteiger partial charge in [-0.05, 0) is 42.0 Å². The highest BCUT2D eigenvalue weighted by Crippen LogP contribution is 2.42. The lowest BCUT2D eigenvalue weighted by Crippen LogP contribution is -2.27. The van der Waals surface area contributed by atoms with Crippen LogP contribution in [0.25, 0.3) is 21.9 Å². The lowest BCUT2D eigenvalue weighted by atomic mass is 9.87. The molecule has 0 spiro atoms. The molecule has 0 unspecified atom stereocenters. The number of fused-ring (bicyclic) bond motifs is 1. The summed E-state index contributed by atoms with van der Waals surface area (Å²) in [5, 5.41) is 1.45. The minimum absolute atomic E-state index is 0.00922. The van der Waals surface area contributed by atoms with Gasteiger partial charge in [-0.3, -0.25) is 4.79 Å². The van der Waals surface area contributed by atoms with Crippen LogP contribution in [0.3, 0.4) is 0 Å². The van der Waals surface area contributed by atoms with Gasteiger partial charge in [0.25, 0.3) is 6.43 Å². The number of hydrogen-bond acceptors (Lipinski definition) is 3. The number of carbonyl (C=O) groups is 1. The van der Waals surface area contributed by atoms with E-state index in [-0.39, 0.29) is 22.3 Å². The van der Waals surface area contributed by atoms with E-state index in [9.17, 15) is 26.7 Å². The number of halogens is 5. The number of ketones is 1. The Hall–Kier alpha value is -3.43. The molecule has 3 aromatic carbocycles. The summed E-state index contributed by atoms with van der Waals surface area (Å²) in [6, 6.07) is 19.4. The summed E-state index contributed by atoms with van der Waals surface area (Å²) in [6.45, 7) is 5.09. The minimum atomic E-state index is -5.16. The summed E-state index contributed by atoms with van der Waals surface area (Å²) in [5.74, 6) is -0.959. The highest BCUT2D eigenvalue weighted by atomic mass is 28.4. The van der Waals surface area contributed by atoms with E-state index in [1.807, 2.05) is 25.7 Å². The molecule has 0 fully saturated rings. The second-order valence-corrected chi connectivity index (χ2v) is 14.0. The number of carbonyl (C=O) groups excluding carboxylic acids is 1. The van der Waals surface area contributed by atoms with Crippen molar-refractivity contribution in [2.45, 2.75) is 38.8 Å². The average molecular weight is 530 g/mol. The highest BCUT2D eigenvalue weighted by Gasteiger charge is 2.42. The van der Waals surface area contributed by atoms with Crippen LogP contribution in [0.1, 0.15) is 39.3 Å². The van der Waals surface area contributed by atoms with Crippen molar-refractivity contribution in [3.8, 4) is 11.1 Å². The van der Waals surface area contributed by atoms with Crippen LogP contribution in [0.2, 0.25) is 19.6 Å². The first-order chi connectivity index (χ1) is 17.4. The molecule has 0 saturated heterocycles. The van der Waals surface area contributed by atoms with Gasteiger partial charge in [-0.2, -0.15) is 13.2 Å². The fraction of sp³-hybridized carbons (Fsp3) is 0.214. The fourth-order valence-electron chi connectivity index (χ4n) is 4.08. The van der Waals surface area contributed by atoms with Crippen LogP contribution in [-0.2, 0) is 17.2 Å². The maximum absolute atomic E-state index is 14.3. The highest BCUT2D eigenvalue weighted by molar-refractivity contribution is 6.69. The standard InChI is InChI=1S/C28H24F5NO2Si/c1-37(2,3)36-16-21-22(18-10-5-4-6-11-18)23(26(28(31,32)33)34-24(21)27(29)30)25(35)20-14-13-17-9-7-8-12-19(17)15-20/h4-15,27H,16H2,1-3H3. The number of nitrogens with zero attached hydrogens (tertiary/aromatic N) is 1. The fourth-order valence-corrected chi connectivity index (χ4v) is 4.66. The predicted octanol–water partition coefficient (Wildman–Crippen LogP) is 8.44. The van der Waals surface area contributed by atoms with Crippen molar-refractivity contribution in [3.63, 3.8) is 0 Å². The van der Waals surface area contributed by atoms with Gasteiger partial charge in [0.1, 0.15) is 5.69 Å². The number of alkyl halides is 5. The third kappa shape index (κ3) is 5.78. The molecule has 3 nitrogen and oxygen atoms in total. The lowest BCUT2D eigenvalue weighted by Gasteiger charge is -2.24. The smallest absolute Gasteiger partial charge is 0.413 e. The molecule has 1 heterocycles. The molecule has 0 saturated carbocycles. The van der Waals surface area contributed by atoms with E-state index in [1.165, 1.54) is 24.3 Å². The average Bonchev–Trinajstić information content (AvgIpc) is 2.85. The van der Waals surface area contributed by atoms with E-state index in [0.29, 0.717) is 5.39 Å². The monoisotopic (exact) mass is 529 g/mol. The topological polar surface area (TPSA) is 39.2 Å².